The SMILES string of the molecule is CO[Si](CC=C1CCCCC1)(c1ccccc1)c1ccccc1. The molecule has 2 aromatic carbocycles. The zero-order chi connectivity index (χ0) is 16.0. The molecule has 0 heterocycles. The molecule has 1 aliphatic carbocycles. The first-order chi connectivity index (χ1) is 11.3. The number of hydrogen-bond donors (Lipinski definition) is 0. The summed E-state index contributed by atoms with van der Waals surface area (Å²) in [5.41, 5.74) is 1.64. The van der Waals surface area contributed by atoms with E-state index in [9.17, 15) is 0 Å². The lowest BCUT2D eigenvalue weighted by molar-refractivity contribution is 0.418. The summed E-state index contributed by atoms with van der Waals surface area (Å²) in [5, 5.41) is 2.72. The molecule has 2 aromatic rings. The fourth-order valence-electron chi connectivity index (χ4n) is 3.63. The standard InChI is InChI=1S/C21H26OSi/c1-22-23(20-13-7-3-8-14-20,21-15-9-4-10-16-21)18-17-19-11-5-2-6-12-19/h3-4,7-10,13-17H,2,5-6,11-12,18H2,1H3. The van der Waals surface area contributed by atoms with Crippen molar-refractivity contribution in [3.8, 4) is 0 Å². The van der Waals surface area contributed by atoms with Crippen molar-refractivity contribution in [3.05, 3.63) is 72.3 Å². The summed E-state index contributed by atoms with van der Waals surface area (Å²) in [6.45, 7) is 0. The van der Waals surface area contributed by atoms with Gasteiger partial charge in [-0.2, -0.15) is 0 Å². The van der Waals surface area contributed by atoms with E-state index in [1.165, 1.54) is 42.5 Å². The van der Waals surface area contributed by atoms with E-state index in [-0.39, 0.29) is 0 Å². The molecule has 1 aliphatic rings. The molecule has 3 rings (SSSR count). The normalized spacial score (nSPS) is 15.4. The lowest BCUT2D eigenvalue weighted by Gasteiger charge is -2.30. The lowest BCUT2D eigenvalue weighted by Crippen LogP contribution is -2.59. The minimum atomic E-state index is -2.18. The summed E-state index contributed by atoms with van der Waals surface area (Å²) in [4.78, 5) is 0. The quantitative estimate of drug-likeness (QED) is 0.589. The molecule has 0 amide bonds. The van der Waals surface area contributed by atoms with Gasteiger partial charge >= 0.3 is 0 Å². The van der Waals surface area contributed by atoms with Crippen molar-refractivity contribution in [1.82, 2.24) is 0 Å². The molecule has 2 heteroatoms. The molecule has 1 nitrogen and oxygen atoms in total. The summed E-state index contributed by atoms with van der Waals surface area (Å²) in [6, 6.07) is 22.7. The monoisotopic (exact) mass is 322 g/mol. The van der Waals surface area contributed by atoms with Crippen LogP contribution in [0.5, 0.6) is 0 Å². The van der Waals surface area contributed by atoms with Crippen molar-refractivity contribution >= 4 is 18.7 Å². The van der Waals surface area contributed by atoms with E-state index in [1.54, 1.807) is 5.57 Å². The number of rotatable bonds is 5. The molecule has 0 spiro atoms. The highest BCUT2D eigenvalue weighted by atomic mass is 28.4. The van der Waals surface area contributed by atoms with E-state index in [4.69, 9.17) is 4.43 Å². The number of allylic oxidation sites excluding steroid dienone is 2. The summed E-state index contributed by atoms with van der Waals surface area (Å²) in [5.74, 6) is 0. The van der Waals surface area contributed by atoms with Crippen molar-refractivity contribution in [2.24, 2.45) is 0 Å². The van der Waals surface area contributed by atoms with Gasteiger partial charge in [0, 0.05) is 7.11 Å². The highest BCUT2D eigenvalue weighted by molar-refractivity contribution is 6.97. The Morgan fingerprint density at radius 3 is 1.83 bits per heavy atom. The highest BCUT2D eigenvalue weighted by Gasteiger charge is 2.37. The van der Waals surface area contributed by atoms with Crippen LogP contribution >= 0.6 is 0 Å². The fraction of sp³-hybridized carbons (Fsp3) is 0.333. The molecule has 0 aliphatic heterocycles. The zero-order valence-corrected chi connectivity index (χ0v) is 15.0. The van der Waals surface area contributed by atoms with Crippen LogP contribution in [0.1, 0.15) is 32.1 Å². The Bertz CT molecular complexity index is 586. The van der Waals surface area contributed by atoms with Crippen molar-refractivity contribution in [3.63, 3.8) is 0 Å². The van der Waals surface area contributed by atoms with Gasteiger partial charge in [-0.25, -0.2) is 0 Å². The molecular weight excluding hydrogens is 296 g/mol. The van der Waals surface area contributed by atoms with Crippen molar-refractivity contribution in [2.75, 3.05) is 7.11 Å². The third kappa shape index (κ3) is 3.65. The second-order valence-electron chi connectivity index (χ2n) is 6.39. The first kappa shape index (κ1) is 16.2. The van der Waals surface area contributed by atoms with Gasteiger partial charge in [-0.05, 0) is 42.1 Å². The van der Waals surface area contributed by atoms with Gasteiger partial charge in [-0.15, -0.1) is 0 Å². The largest absolute Gasteiger partial charge is 0.411 e. The average molecular weight is 323 g/mol. The Morgan fingerprint density at radius 1 is 0.826 bits per heavy atom. The molecule has 0 bridgehead atoms. The van der Waals surface area contributed by atoms with Gasteiger partial charge in [-0.1, -0.05) is 78.7 Å². The maximum atomic E-state index is 6.30. The second-order valence-corrected chi connectivity index (χ2v) is 10.0. The minimum absolute atomic E-state index is 1.03. The Hall–Kier alpha value is -1.64. The van der Waals surface area contributed by atoms with Crippen LogP contribution in [0.25, 0.3) is 0 Å². The second kappa shape index (κ2) is 7.76. The Morgan fingerprint density at radius 2 is 1.35 bits per heavy atom. The molecule has 23 heavy (non-hydrogen) atoms. The maximum Gasteiger partial charge on any atom is 0.258 e. The summed E-state index contributed by atoms with van der Waals surface area (Å²) in [6.07, 6.45) is 9.14. The van der Waals surface area contributed by atoms with Crippen LogP contribution in [-0.4, -0.2) is 15.4 Å². The van der Waals surface area contributed by atoms with E-state index in [1.807, 2.05) is 7.11 Å². The van der Waals surface area contributed by atoms with E-state index < -0.39 is 8.32 Å². The summed E-state index contributed by atoms with van der Waals surface area (Å²) >= 11 is 0. The molecule has 1 saturated carbocycles. The van der Waals surface area contributed by atoms with Crippen LogP contribution in [0.4, 0.5) is 0 Å². The average Bonchev–Trinajstić information content (AvgIpc) is 2.65. The first-order valence-corrected chi connectivity index (χ1v) is 10.8. The van der Waals surface area contributed by atoms with Crippen molar-refractivity contribution in [2.45, 2.75) is 38.1 Å². The van der Waals surface area contributed by atoms with Gasteiger partial charge < -0.3 is 4.43 Å². The van der Waals surface area contributed by atoms with Gasteiger partial charge in [0.2, 0.25) is 0 Å². The molecule has 0 radical (unpaired) electrons. The van der Waals surface area contributed by atoms with E-state index >= 15 is 0 Å². The van der Waals surface area contributed by atoms with Crippen LogP contribution in [0.3, 0.4) is 0 Å². The van der Waals surface area contributed by atoms with Crippen LogP contribution in [0.2, 0.25) is 6.04 Å². The summed E-state index contributed by atoms with van der Waals surface area (Å²) in [7, 11) is -0.288. The van der Waals surface area contributed by atoms with Gasteiger partial charge in [-0.3, -0.25) is 0 Å². The van der Waals surface area contributed by atoms with Crippen LogP contribution in [0, 0.1) is 0 Å². The molecule has 0 N–H and O–H groups in total. The molecule has 0 atom stereocenters. The third-order valence-corrected chi connectivity index (χ3v) is 9.01. The Labute approximate surface area is 141 Å². The lowest BCUT2D eigenvalue weighted by atomic mass is 9.95. The Kier molecular flexibility index (Phi) is 5.47. The minimum Gasteiger partial charge on any atom is -0.411 e. The molecule has 0 aromatic heterocycles. The smallest absolute Gasteiger partial charge is 0.258 e. The van der Waals surface area contributed by atoms with Crippen molar-refractivity contribution in [1.29, 1.82) is 0 Å². The van der Waals surface area contributed by atoms with E-state index in [0.29, 0.717) is 0 Å². The van der Waals surface area contributed by atoms with Gasteiger partial charge in [0.15, 0.2) is 0 Å². The number of hydrogen-bond acceptors (Lipinski definition) is 1. The van der Waals surface area contributed by atoms with Gasteiger partial charge in [0.05, 0.1) is 0 Å². The Balaban J connectivity index is 1.99. The molecule has 0 saturated heterocycles. The highest BCUT2D eigenvalue weighted by Crippen LogP contribution is 2.25. The van der Waals surface area contributed by atoms with Crippen LogP contribution in [0.15, 0.2) is 72.3 Å². The first-order valence-electron chi connectivity index (χ1n) is 8.69. The van der Waals surface area contributed by atoms with Crippen LogP contribution < -0.4 is 10.4 Å². The molecule has 1 fully saturated rings. The molecule has 120 valence electrons. The maximum absolute atomic E-state index is 6.30. The predicted molar refractivity (Wildman–Crippen MR) is 101 cm³/mol. The predicted octanol–water partition coefficient (Wildman–Crippen LogP) is 4.28. The number of benzene rings is 2. The fourth-order valence-corrected chi connectivity index (χ4v) is 7.11. The van der Waals surface area contributed by atoms with E-state index in [0.717, 1.165) is 6.04 Å². The van der Waals surface area contributed by atoms with Crippen LogP contribution in [-0.2, 0) is 4.43 Å². The van der Waals surface area contributed by atoms with Crippen molar-refractivity contribution < 1.29 is 4.43 Å². The molecular formula is C21H26OSi. The van der Waals surface area contributed by atoms with Gasteiger partial charge in [0.1, 0.15) is 0 Å². The summed E-state index contributed by atoms with van der Waals surface area (Å²) < 4.78 is 6.30. The van der Waals surface area contributed by atoms with E-state index in [2.05, 4.69) is 66.7 Å². The zero-order valence-electron chi connectivity index (χ0n) is 14.0. The van der Waals surface area contributed by atoms with Gasteiger partial charge in [0.25, 0.3) is 8.32 Å². The molecule has 0 unspecified atom stereocenters. The topological polar surface area (TPSA) is 9.23 Å². The third-order valence-electron chi connectivity index (χ3n) is 5.00.